The van der Waals surface area contributed by atoms with Gasteiger partial charge in [-0.15, -0.1) is 0 Å². The summed E-state index contributed by atoms with van der Waals surface area (Å²) in [5.41, 5.74) is 2.25. The van der Waals surface area contributed by atoms with Crippen LogP contribution in [0, 0.1) is 12.8 Å². The van der Waals surface area contributed by atoms with E-state index in [1.807, 2.05) is 31.2 Å². The topological polar surface area (TPSA) is 86.1 Å². The summed E-state index contributed by atoms with van der Waals surface area (Å²) in [6.07, 6.45) is 5.58. The second-order valence-electron chi connectivity index (χ2n) is 7.18. The molecule has 0 saturated heterocycles. The largest absolute Gasteiger partial charge is 0.477 e. The van der Waals surface area contributed by atoms with Crippen molar-refractivity contribution in [1.29, 1.82) is 0 Å². The van der Waals surface area contributed by atoms with E-state index in [1.165, 1.54) is 23.7 Å². The smallest absolute Gasteiger partial charge is 0.261 e. The van der Waals surface area contributed by atoms with Crippen molar-refractivity contribution in [2.45, 2.75) is 32.9 Å². The first-order valence-corrected chi connectivity index (χ1v) is 9.39. The van der Waals surface area contributed by atoms with Gasteiger partial charge in [0.1, 0.15) is 6.54 Å². The number of nitrogens with zero attached hydrogens (tertiary/aromatic N) is 3. The summed E-state index contributed by atoms with van der Waals surface area (Å²) in [6, 6.07) is 9.13. The number of aromatic nitrogens is 3. The fourth-order valence-corrected chi connectivity index (χ4v) is 2.95. The van der Waals surface area contributed by atoms with Crippen molar-refractivity contribution in [3.8, 4) is 5.88 Å². The first-order valence-electron chi connectivity index (χ1n) is 9.39. The molecule has 0 radical (unpaired) electrons. The van der Waals surface area contributed by atoms with Crippen LogP contribution in [0.4, 0.5) is 0 Å². The number of para-hydroxylation sites is 1. The minimum Gasteiger partial charge on any atom is -0.477 e. The summed E-state index contributed by atoms with van der Waals surface area (Å²) >= 11 is 0. The number of pyridine rings is 1. The van der Waals surface area contributed by atoms with Crippen LogP contribution < -0.4 is 15.6 Å². The molecule has 1 saturated carbocycles. The molecule has 0 unspecified atom stereocenters. The van der Waals surface area contributed by atoms with Gasteiger partial charge in [-0.05, 0) is 42.9 Å². The Kier molecular flexibility index (Phi) is 5.06. The lowest BCUT2D eigenvalue weighted by molar-refractivity contribution is -0.121. The average Bonchev–Trinajstić information content (AvgIpc) is 3.53. The average molecular weight is 378 g/mol. The van der Waals surface area contributed by atoms with Gasteiger partial charge in [0.15, 0.2) is 0 Å². The van der Waals surface area contributed by atoms with Gasteiger partial charge in [-0.1, -0.05) is 18.2 Å². The van der Waals surface area contributed by atoms with Gasteiger partial charge >= 0.3 is 0 Å². The maximum Gasteiger partial charge on any atom is 0.261 e. The van der Waals surface area contributed by atoms with E-state index in [-0.39, 0.29) is 18.0 Å². The Morgan fingerprint density at radius 3 is 2.86 bits per heavy atom. The third-order valence-corrected chi connectivity index (χ3v) is 4.82. The van der Waals surface area contributed by atoms with E-state index in [9.17, 15) is 9.59 Å². The molecule has 0 bridgehead atoms. The second kappa shape index (κ2) is 7.80. The highest BCUT2D eigenvalue weighted by molar-refractivity contribution is 5.81. The Bertz CT molecular complexity index is 1060. The number of amides is 1. The van der Waals surface area contributed by atoms with Gasteiger partial charge in [-0.25, -0.2) is 9.97 Å². The van der Waals surface area contributed by atoms with E-state index in [4.69, 9.17) is 4.74 Å². The van der Waals surface area contributed by atoms with Gasteiger partial charge in [-0.3, -0.25) is 14.2 Å². The first-order chi connectivity index (χ1) is 13.6. The quantitative estimate of drug-likeness (QED) is 0.681. The zero-order chi connectivity index (χ0) is 19.5. The number of hydrogen-bond donors (Lipinski definition) is 1. The van der Waals surface area contributed by atoms with Crippen molar-refractivity contribution in [2.75, 3.05) is 6.61 Å². The Morgan fingerprint density at radius 1 is 1.25 bits per heavy atom. The number of rotatable bonds is 7. The predicted octanol–water partition coefficient (Wildman–Crippen LogP) is 2.21. The molecule has 7 nitrogen and oxygen atoms in total. The van der Waals surface area contributed by atoms with Crippen molar-refractivity contribution in [1.82, 2.24) is 19.9 Å². The third kappa shape index (κ3) is 4.19. The molecule has 0 spiro atoms. The van der Waals surface area contributed by atoms with E-state index >= 15 is 0 Å². The maximum absolute atomic E-state index is 12.6. The van der Waals surface area contributed by atoms with Gasteiger partial charge in [-0.2, -0.15) is 0 Å². The standard InChI is InChI=1S/C21H22N4O3/c1-14-3-2-4-17-20(14)24-13-25(21(17)27)11-18(26)22-9-16-7-8-19(23-10-16)28-12-15-5-6-15/h2-4,7-8,10,13,15H,5-6,9,11-12H2,1H3,(H,22,26). The fourth-order valence-electron chi connectivity index (χ4n) is 2.95. The molecular weight excluding hydrogens is 356 g/mol. The first kappa shape index (κ1) is 18.2. The van der Waals surface area contributed by atoms with Gasteiger partial charge in [0.2, 0.25) is 11.8 Å². The number of nitrogens with one attached hydrogen (secondary N) is 1. The number of carbonyl (C=O) groups excluding carboxylic acids is 1. The number of fused-ring (bicyclic) bond motifs is 1. The molecule has 4 rings (SSSR count). The molecule has 1 N–H and O–H groups in total. The maximum atomic E-state index is 12.6. The van der Waals surface area contributed by atoms with E-state index in [1.54, 1.807) is 12.3 Å². The second-order valence-corrected chi connectivity index (χ2v) is 7.18. The van der Waals surface area contributed by atoms with Crippen LogP contribution in [-0.2, 0) is 17.9 Å². The molecule has 2 heterocycles. The van der Waals surface area contributed by atoms with Gasteiger partial charge in [0.25, 0.3) is 5.56 Å². The highest BCUT2D eigenvalue weighted by Gasteiger charge is 2.22. The van der Waals surface area contributed by atoms with Gasteiger partial charge in [0.05, 0.1) is 23.8 Å². The fraction of sp³-hybridized carbons (Fsp3) is 0.333. The number of hydrogen-bond acceptors (Lipinski definition) is 5. The molecule has 3 aromatic rings. The molecule has 7 heteroatoms. The molecule has 144 valence electrons. The lowest BCUT2D eigenvalue weighted by Gasteiger charge is -2.09. The molecule has 0 atom stereocenters. The zero-order valence-corrected chi connectivity index (χ0v) is 15.7. The zero-order valence-electron chi connectivity index (χ0n) is 15.7. The molecule has 1 amide bonds. The van der Waals surface area contributed by atoms with Crippen LogP contribution in [0.15, 0.2) is 47.7 Å². The lowest BCUT2D eigenvalue weighted by atomic mass is 10.1. The van der Waals surface area contributed by atoms with Gasteiger partial charge in [0, 0.05) is 18.8 Å². The Morgan fingerprint density at radius 2 is 2.11 bits per heavy atom. The molecule has 28 heavy (non-hydrogen) atoms. The van der Waals surface area contributed by atoms with Crippen molar-refractivity contribution >= 4 is 16.8 Å². The monoisotopic (exact) mass is 378 g/mol. The predicted molar refractivity (Wildman–Crippen MR) is 105 cm³/mol. The molecule has 1 aliphatic carbocycles. The highest BCUT2D eigenvalue weighted by Crippen LogP contribution is 2.29. The summed E-state index contributed by atoms with van der Waals surface area (Å²) in [6.45, 7) is 2.88. The normalized spacial score (nSPS) is 13.5. The molecule has 1 aromatic carbocycles. The highest BCUT2D eigenvalue weighted by atomic mass is 16.5. The molecule has 1 fully saturated rings. The van der Waals surface area contributed by atoms with E-state index < -0.39 is 0 Å². The number of carbonyl (C=O) groups is 1. The molecular formula is C21H22N4O3. The van der Waals surface area contributed by atoms with Crippen LogP contribution in [-0.4, -0.2) is 27.0 Å². The Labute approximate surface area is 162 Å². The van der Waals surface area contributed by atoms with Crippen LogP contribution in [0.3, 0.4) is 0 Å². The van der Waals surface area contributed by atoms with Crippen molar-refractivity contribution in [3.05, 3.63) is 64.3 Å². The third-order valence-electron chi connectivity index (χ3n) is 4.82. The summed E-state index contributed by atoms with van der Waals surface area (Å²) < 4.78 is 6.93. The Balaban J connectivity index is 1.34. The van der Waals surface area contributed by atoms with Crippen LogP contribution >= 0.6 is 0 Å². The van der Waals surface area contributed by atoms with Crippen molar-refractivity contribution < 1.29 is 9.53 Å². The summed E-state index contributed by atoms with van der Waals surface area (Å²) in [5, 5.41) is 3.32. The van der Waals surface area contributed by atoms with E-state index in [0.717, 1.165) is 17.7 Å². The van der Waals surface area contributed by atoms with Crippen LogP contribution in [0.1, 0.15) is 24.0 Å². The van der Waals surface area contributed by atoms with E-state index in [2.05, 4.69) is 15.3 Å². The van der Waals surface area contributed by atoms with Crippen LogP contribution in [0.2, 0.25) is 0 Å². The van der Waals surface area contributed by atoms with E-state index in [0.29, 0.717) is 29.2 Å². The number of aryl methyl sites for hydroxylation is 1. The number of benzene rings is 1. The minimum atomic E-state index is -0.259. The van der Waals surface area contributed by atoms with Crippen LogP contribution in [0.5, 0.6) is 5.88 Å². The molecule has 0 aliphatic heterocycles. The lowest BCUT2D eigenvalue weighted by Crippen LogP contribution is -2.32. The van der Waals surface area contributed by atoms with Crippen LogP contribution in [0.25, 0.3) is 10.9 Å². The molecule has 2 aromatic heterocycles. The Hall–Kier alpha value is -3.22. The summed E-state index contributed by atoms with van der Waals surface area (Å²) in [5.74, 6) is 1.02. The van der Waals surface area contributed by atoms with Crippen molar-refractivity contribution in [2.24, 2.45) is 5.92 Å². The minimum absolute atomic E-state index is 0.0777. The molecule has 1 aliphatic rings. The van der Waals surface area contributed by atoms with Gasteiger partial charge < -0.3 is 10.1 Å². The SMILES string of the molecule is Cc1cccc2c(=O)n(CC(=O)NCc3ccc(OCC4CC4)nc3)cnc12. The van der Waals surface area contributed by atoms with Crippen molar-refractivity contribution in [3.63, 3.8) is 0 Å². The summed E-state index contributed by atoms with van der Waals surface area (Å²) in [7, 11) is 0. The number of ether oxygens (including phenoxy) is 1. The summed E-state index contributed by atoms with van der Waals surface area (Å²) in [4.78, 5) is 33.4.